The second kappa shape index (κ2) is 13.6. The Hall–Kier alpha value is -3.92. The molecule has 0 aliphatic carbocycles. The molecule has 1 saturated heterocycles. The predicted molar refractivity (Wildman–Crippen MR) is 159 cm³/mol. The lowest BCUT2D eigenvalue weighted by Crippen LogP contribution is -2.49. The van der Waals surface area contributed by atoms with E-state index in [2.05, 4.69) is 5.32 Å². The number of carboxylic acid groups (broad SMARTS) is 1. The Morgan fingerprint density at radius 3 is 2.35 bits per heavy atom. The third-order valence-corrected chi connectivity index (χ3v) is 8.01. The maximum Gasteiger partial charge on any atom is 0.305 e. The third-order valence-electron chi connectivity index (χ3n) is 8.01. The molecule has 7 nitrogen and oxygen atoms in total. The SMILES string of the molecule is CCCC(C(=O)N[C@@H](CC(=O)O)c1cc(-c2c(C)cccc2C)cc(C)c1F)n1cc(CCN2CC(F)C2)cc(F)c1=O. The van der Waals surface area contributed by atoms with Crippen molar-refractivity contribution in [1.82, 2.24) is 14.8 Å². The molecule has 2 atom stereocenters. The number of aromatic nitrogens is 1. The normalized spacial score (nSPS) is 15.1. The molecule has 43 heavy (non-hydrogen) atoms. The number of benzene rings is 2. The highest BCUT2D eigenvalue weighted by Crippen LogP contribution is 2.33. The quantitative estimate of drug-likeness (QED) is 0.284. The molecule has 1 unspecified atom stereocenters. The number of aliphatic carboxylic acids is 1. The highest BCUT2D eigenvalue weighted by Gasteiger charge is 2.30. The highest BCUT2D eigenvalue weighted by atomic mass is 19.1. The minimum absolute atomic E-state index is 0.0108. The van der Waals surface area contributed by atoms with E-state index in [1.54, 1.807) is 26.0 Å². The first-order valence-corrected chi connectivity index (χ1v) is 14.5. The van der Waals surface area contributed by atoms with Gasteiger partial charge in [0.15, 0.2) is 5.82 Å². The van der Waals surface area contributed by atoms with Crippen molar-refractivity contribution in [3.63, 3.8) is 0 Å². The van der Waals surface area contributed by atoms with Gasteiger partial charge in [-0.05, 0) is 85.2 Å². The van der Waals surface area contributed by atoms with Crippen molar-refractivity contribution in [2.75, 3.05) is 19.6 Å². The van der Waals surface area contributed by atoms with Gasteiger partial charge in [0, 0.05) is 31.4 Å². The molecule has 2 N–H and O–H groups in total. The molecule has 1 aromatic heterocycles. The molecule has 1 fully saturated rings. The third kappa shape index (κ3) is 7.36. The van der Waals surface area contributed by atoms with Crippen LogP contribution in [0.4, 0.5) is 13.2 Å². The van der Waals surface area contributed by atoms with Gasteiger partial charge < -0.3 is 15.0 Å². The zero-order valence-corrected chi connectivity index (χ0v) is 24.9. The van der Waals surface area contributed by atoms with Gasteiger partial charge in [-0.15, -0.1) is 0 Å². The summed E-state index contributed by atoms with van der Waals surface area (Å²) in [5.74, 6) is -3.63. The maximum absolute atomic E-state index is 15.6. The van der Waals surface area contributed by atoms with Crippen molar-refractivity contribution in [3.05, 3.63) is 92.4 Å². The van der Waals surface area contributed by atoms with Gasteiger partial charge in [-0.1, -0.05) is 31.5 Å². The number of carbonyl (C=O) groups is 2. The van der Waals surface area contributed by atoms with Crippen molar-refractivity contribution < 1.29 is 27.9 Å². The van der Waals surface area contributed by atoms with Crippen LogP contribution in [0.3, 0.4) is 0 Å². The van der Waals surface area contributed by atoms with Gasteiger partial charge in [-0.3, -0.25) is 19.3 Å². The zero-order valence-electron chi connectivity index (χ0n) is 24.9. The van der Waals surface area contributed by atoms with Crippen LogP contribution in [0.2, 0.25) is 0 Å². The average Bonchev–Trinajstić information content (AvgIpc) is 2.92. The molecule has 10 heteroatoms. The van der Waals surface area contributed by atoms with Crippen LogP contribution in [0.15, 0.2) is 47.4 Å². The van der Waals surface area contributed by atoms with Gasteiger partial charge in [-0.2, -0.15) is 0 Å². The van der Waals surface area contributed by atoms with E-state index in [4.69, 9.17) is 0 Å². The monoisotopic (exact) mass is 597 g/mol. The van der Waals surface area contributed by atoms with Gasteiger partial charge in [0.1, 0.15) is 18.0 Å². The Labute approximate surface area is 249 Å². The molecule has 0 radical (unpaired) electrons. The molecule has 0 saturated carbocycles. The molecule has 230 valence electrons. The van der Waals surface area contributed by atoms with Crippen molar-refractivity contribution >= 4 is 11.9 Å². The number of aryl methyl sites for hydroxylation is 3. The Balaban J connectivity index is 1.69. The van der Waals surface area contributed by atoms with E-state index in [0.717, 1.165) is 27.3 Å². The number of nitrogens with zero attached hydrogens (tertiary/aromatic N) is 2. The molecule has 2 heterocycles. The fraction of sp³-hybridized carbons (Fsp3) is 0.424. The van der Waals surface area contributed by atoms with Gasteiger partial charge in [0.2, 0.25) is 5.91 Å². The number of hydrogen-bond donors (Lipinski definition) is 2. The fourth-order valence-corrected chi connectivity index (χ4v) is 5.78. The first-order chi connectivity index (χ1) is 20.4. The van der Waals surface area contributed by atoms with Gasteiger partial charge in [-0.25, -0.2) is 13.2 Å². The van der Waals surface area contributed by atoms with Crippen molar-refractivity contribution in [2.24, 2.45) is 0 Å². The van der Waals surface area contributed by atoms with Crippen LogP contribution in [0.25, 0.3) is 11.1 Å². The summed E-state index contributed by atoms with van der Waals surface area (Å²) in [4.78, 5) is 40.4. The molecular weight excluding hydrogens is 559 g/mol. The molecular formula is C33H38F3N3O4. The molecule has 0 bridgehead atoms. The van der Waals surface area contributed by atoms with Crippen LogP contribution in [0.5, 0.6) is 0 Å². The summed E-state index contributed by atoms with van der Waals surface area (Å²) in [7, 11) is 0. The van der Waals surface area contributed by atoms with E-state index in [9.17, 15) is 28.3 Å². The lowest BCUT2D eigenvalue weighted by atomic mass is 9.90. The Bertz CT molecular complexity index is 1550. The summed E-state index contributed by atoms with van der Waals surface area (Å²) in [6.07, 6.45) is 0.913. The summed E-state index contributed by atoms with van der Waals surface area (Å²) >= 11 is 0. The molecule has 0 spiro atoms. The van der Waals surface area contributed by atoms with Crippen LogP contribution in [-0.2, 0) is 16.0 Å². The Morgan fingerprint density at radius 2 is 1.74 bits per heavy atom. The number of alkyl halides is 1. The minimum Gasteiger partial charge on any atom is -0.481 e. The Kier molecular flexibility index (Phi) is 10.1. The lowest BCUT2D eigenvalue weighted by molar-refractivity contribution is -0.138. The standard InChI is InChI=1S/C33H38F3N3O4/c1-5-7-28(39-16-22(13-26(35)33(39)43)10-11-38-17-24(34)18-38)32(42)37-27(15-29(40)41)25-14-23(12-21(4)31(25)36)30-19(2)8-6-9-20(30)3/h6,8-9,12-14,16,24,27-28H,5,7,10-11,15,17-18H2,1-4H3,(H,37,42)(H,40,41)/t27-,28?/m0/s1. The van der Waals surface area contributed by atoms with E-state index >= 15 is 4.39 Å². The van der Waals surface area contributed by atoms with E-state index in [1.165, 1.54) is 6.20 Å². The number of hydrogen-bond acceptors (Lipinski definition) is 4. The first kappa shape index (κ1) is 32.0. The van der Waals surface area contributed by atoms with Gasteiger partial charge >= 0.3 is 5.97 Å². The minimum atomic E-state index is -1.25. The number of likely N-dealkylation sites (tertiary alicyclic amines) is 1. The van der Waals surface area contributed by atoms with E-state index in [1.807, 2.05) is 36.9 Å². The zero-order chi connectivity index (χ0) is 31.4. The Morgan fingerprint density at radius 1 is 1.07 bits per heavy atom. The summed E-state index contributed by atoms with van der Waals surface area (Å²) in [5, 5.41) is 12.4. The smallest absolute Gasteiger partial charge is 0.305 e. The first-order valence-electron chi connectivity index (χ1n) is 14.5. The van der Waals surface area contributed by atoms with E-state index in [-0.39, 0.29) is 17.5 Å². The fourth-order valence-electron chi connectivity index (χ4n) is 5.78. The summed E-state index contributed by atoms with van der Waals surface area (Å²) in [5.41, 5.74) is 3.27. The number of nitrogens with one attached hydrogen (secondary N) is 1. The molecule has 1 amide bonds. The van der Waals surface area contributed by atoms with Gasteiger partial charge in [0.05, 0.1) is 12.5 Å². The topological polar surface area (TPSA) is 91.6 Å². The molecule has 2 aromatic carbocycles. The van der Waals surface area contributed by atoms with Crippen molar-refractivity contribution in [1.29, 1.82) is 0 Å². The molecule has 4 rings (SSSR count). The van der Waals surface area contributed by atoms with E-state index < -0.39 is 53.7 Å². The van der Waals surface area contributed by atoms with Crippen LogP contribution in [0.1, 0.15) is 66.1 Å². The highest BCUT2D eigenvalue weighted by molar-refractivity contribution is 5.82. The van der Waals surface area contributed by atoms with Crippen molar-refractivity contribution in [3.8, 4) is 11.1 Å². The average molecular weight is 598 g/mol. The number of amides is 1. The molecule has 1 aliphatic heterocycles. The van der Waals surface area contributed by atoms with Crippen LogP contribution in [-0.4, -0.2) is 52.3 Å². The van der Waals surface area contributed by atoms with Gasteiger partial charge in [0.25, 0.3) is 5.56 Å². The summed E-state index contributed by atoms with van der Waals surface area (Å²) < 4.78 is 44.6. The lowest BCUT2D eigenvalue weighted by Gasteiger charge is -2.34. The van der Waals surface area contributed by atoms with Crippen molar-refractivity contribution in [2.45, 2.75) is 71.6 Å². The second-order valence-electron chi connectivity index (χ2n) is 11.4. The maximum atomic E-state index is 15.6. The summed E-state index contributed by atoms with van der Waals surface area (Å²) in [6, 6.07) is 7.73. The van der Waals surface area contributed by atoms with Crippen LogP contribution >= 0.6 is 0 Å². The largest absolute Gasteiger partial charge is 0.481 e. The number of halogens is 3. The van der Waals surface area contributed by atoms with Crippen LogP contribution < -0.4 is 10.9 Å². The number of pyridine rings is 1. The predicted octanol–water partition coefficient (Wildman–Crippen LogP) is 5.59. The van der Waals surface area contributed by atoms with Crippen LogP contribution in [0, 0.1) is 32.4 Å². The second-order valence-corrected chi connectivity index (χ2v) is 11.4. The number of rotatable bonds is 12. The number of carbonyl (C=O) groups excluding carboxylic acids is 1. The molecule has 1 aliphatic rings. The summed E-state index contributed by atoms with van der Waals surface area (Å²) in [6.45, 7) is 8.31. The number of carboxylic acids is 1. The van der Waals surface area contributed by atoms with E-state index in [0.29, 0.717) is 43.6 Å². The molecule has 3 aromatic rings.